The molecule has 6 heteroatoms. The van der Waals surface area contributed by atoms with Gasteiger partial charge in [-0.15, -0.1) is 0 Å². The first-order chi connectivity index (χ1) is 9.58. The Morgan fingerprint density at radius 3 is 2.43 bits per heavy atom. The Bertz CT molecular complexity index is 590. The molecule has 3 unspecified atom stereocenters. The van der Waals surface area contributed by atoms with Gasteiger partial charge >= 0.3 is 6.18 Å². The summed E-state index contributed by atoms with van der Waals surface area (Å²) in [5.74, 6) is 0. The third-order valence-corrected chi connectivity index (χ3v) is 4.23. The van der Waals surface area contributed by atoms with Crippen LogP contribution >= 0.6 is 0 Å². The van der Waals surface area contributed by atoms with Crippen LogP contribution in [0.25, 0.3) is 0 Å². The maximum atomic E-state index is 13.0. The van der Waals surface area contributed by atoms with Crippen LogP contribution in [-0.4, -0.2) is 22.8 Å². The van der Waals surface area contributed by atoms with Crippen molar-refractivity contribution in [2.75, 3.05) is 4.90 Å². The molecule has 0 radical (unpaired) electrons. The van der Waals surface area contributed by atoms with Gasteiger partial charge < -0.3 is 10.0 Å². The maximum absolute atomic E-state index is 13.0. The van der Waals surface area contributed by atoms with E-state index in [4.69, 9.17) is 5.26 Å². The van der Waals surface area contributed by atoms with Crippen molar-refractivity contribution in [3.8, 4) is 6.07 Å². The first-order valence-electron chi connectivity index (χ1n) is 6.70. The highest BCUT2D eigenvalue weighted by Gasteiger charge is 2.44. The van der Waals surface area contributed by atoms with E-state index < -0.39 is 22.9 Å². The number of rotatable bonds is 1. The number of hydrogen-bond donors (Lipinski definition) is 1. The Morgan fingerprint density at radius 1 is 1.38 bits per heavy atom. The Morgan fingerprint density at radius 2 is 2.00 bits per heavy atom. The zero-order valence-corrected chi connectivity index (χ0v) is 12.1. The number of alkyl halides is 3. The van der Waals surface area contributed by atoms with Crippen molar-refractivity contribution in [3.63, 3.8) is 0 Å². The fourth-order valence-corrected chi connectivity index (χ4v) is 3.05. The highest BCUT2D eigenvalue weighted by atomic mass is 19.4. The lowest BCUT2D eigenvalue weighted by Gasteiger charge is -2.32. The third kappa shape index (κ3) is 2.70. The van der Waals surface area contributed by atoms with Gasteiger partial charge in [0.15, 0.2) is 0 Å². The minimum Gasteiger partial charge on any atom is -0.388 e. The first kappa shape index (κ1) is 15.6. The molecule has 0 bridgehead atoms. The summed E-state index contributed by atoms with van der Waals surface area (Å²) < 4.78 is 39.1. The van der Waals surface area contributed by atoms with Crippen LogP contribution < -0.4 is 4.90 Å². The summed E-state index contributed by atoms with van der Waals surface area (Å²) in [5.41, 5.74) is -1.91. The molecule has 1 aliphatic rings. The number of benzene rings is 1. The minimum absolute atomic E-state index is 0.0796. The molecule has 114 valence electrons. The Kier molecular flexibility index (Phi) is 3.66. The summed E-state index contributed by atoms with van der Waals surface area (Å²) in [6, 6.07) is 4.87. The topological polar surface area (TPSA) is 47.3 Å². The largest absolute Gasteiger partial charge is 0.417 e. The zero-order valence-electron chi connectivity index (χ0n) is 12.1. The number of nitrogens with zero attached hydrogens (tertiary/aromatic N) is 2. The Labute approximate surface area is 121 Å². The molecule has 1 fully saturated rings. The highest BCUT2D eigenvalue weighted by Crippen LogP contribution is 2.40. The lowest BCUT2D eigenvalue weighted by molar-refractivity contribution is -0.137. The quantitative estimate of drug-likeness (QED) is 0.865. The molecular weight excluding hydrogens is 281 g/mol. The van der Waals surface area contributed by atoms with Crippen LogP contribution in [0, 0.1) is 11.3 Å². The molecule has 1 N–H and O–H groups in total. The molecule has 0 amide bonds. The fraction of sp³-hybridized carbons (Fsp3) is 0.533. The second-order valence-electron chi connectivity index (χ2n) is 5.83. The van der Waals surface area contributed by atoms with Gasteiger partial charge in [-0.2, -0.15) is 18.4 Å². The zero-order chi connectivity index (χ0) is 16.0. The molecule has 1 saturated heterocycles. The predicted octanol–water partition coefficient (Wildman–Crippen LogP) is 3.32. The molecule has 1 aromatic carbocycles. The van der Waals surface area contributed by atoms with Gasteiger partial charge in [-0.1, -0.05) is 0 Å². The Balaban J connectivity index is 2.50. The number of hydrogen-bond acceptors (Lipinski definition) is 3. The van der Waals surface area contributed by atoms with Gasteiger partial charge in [0.25, 0.3) is 0 Å². The second kappa shape index (κ2) is 4.92. The minimum atomic E-state index is -4.57. The van der Waals surface area contributed by atoms with Crippen LogP contribution in [0.5, 0.6) is 0 Å². The van der Waals surface area contributed by atoms with Crippen molar-refractivity contribution in [1.82, 2.24) is 0 Å². The van der Waals surface area contributed by atoms with Gasteiger partial charge in [0, 0.05) is 11.7 Å². The fourth-order valence-electron chi connectivity index (χ4n) is 3.05. The molecule has 3 atom stereocenters. The second-order valence-corrected chi connectivity index (χ2v) is 5.83. The van der Waals surface area contributed by atoms with Gasteiger partial charge in [-0.3, -0.25) is 0 Å². The molecule has 1 heterocycles. The molecule has 3 nitrogen and oxygen atoms in total. The van der Waals surface area contributed by atoms with E-state index >= 15 is 0 Å². The summed E-state index contributed by atoms with van der Waals surface area (Å²) in [5, 5.41) is 19.1. The van der Waals surface area contributed by atoms with Gasteiger partial charge in [0.1, 0.15) is 0 Å². The van der Waals surface area contributed by atoms with Gasteiger partial charge in [-0.05, 0) is 45.4 Å². The summed E-state index contributed by atoms with van der Waals surface area (Å²) in [7, 11) is 0. The van der Waals surface area contributed by atoms with Gasteiger partial charge in [0.05, 0.1) is 28.8 Å². The highest BCUT2D eigenvalue weighted by molar-refractivity contribution is 5.57. The number of anilines is 1. The van der Waals surface area contributed by atoms with Crippen LogP contribution in [0.15, 0.2) is 18.2 Å². The molecule has 2 rings (SSSR count). The molecule has 0 saturated carbocycles. The van der Waals surface area contributed by atoms with E-state index in [1.807, 2.05) is 6.92 Å². The van der Waals surface area contributed by atoms with E-state index in [1.165, 1.54) is 12.1 Å². The monoisotopic (exact) mass is 298 g/mol. The van der Waals surface area contributed by atoms with Crippen molar-refractivity contribution in [3.05, 3.63) is 29.3 Å². The number of nitriles is 1. The number of aliphatic hydroxyl groups is 1. The first-order valence-corrected chi connectivity index (χ1v) is 6.70. The van der Waals surface area contributed by atoms with Crippen LogP contribution in [0.2, 0.25) is 0 Å². The van der Waals surface area contributed by atoms with Crippen LogP contribution in [0.1, 0.15) is 38.3 Å². The lowest BCUT2D eigenvalue weighted by Crippen LogP contribution is -2.41. The standard InChI is InChI=1S/C15H17F3N2O/c1-9-7-14(3,21)10(2)20(9)12-5-4-11(8-19)13(6-12)15(16,17)18/h4-6,9-10,21H,7H2,1-3H3. The Hall–Kier alpha value is -1.74. The van der Waals surface area contributed by atoms with Crippen LogP contribution in [0.3, 0.4) is 0 Å². The molecule has 1 aliphatic heterocycles. The van der Waals surface area contributed by atoms with Crippen molar-refractivity contribution < 1.29 is 18.3 Å². The van der Waals surface area contributed by atoms with Gasteiger partial charge in [0.2, 0.25) is 0 Å². The number of halogens is 3. The summed E-state index contributed by atoms with van der Waals surface area (Å²) >= 11 is 0. The molecular formula is C15H17F3N2O. The SMILES string of the molecule is CC1CC(C)(O)C(C)N1c1ccc(C#N)c(C(F)(F)F)c1. The predicted molar refractivity (Wildman–Crippen MR) is 72.8 cm³/mol. The van der Waals surface area contributed by atoms with Crippen molar-refractivity contribution >= 4 is 5.69 Å². The average molecular weight is 298 g/mol. The van der Waals surface area contributed by atoms with Crippen molar-refractivity contribution in [2.24, 2.45) is 0 Å². The van der Waals surface area contributed by atoms with Crippen LogP contribution in [0.4, 0.5) is 18.9 Å². The van der Waals surface area contributed by atoms with E-state index in [9.17, 15) is 18.3 Å². The van der Waals surface area contributed by atoms with Crippen molar-refractivity contribution in [2.45, 2.75) is 51.1 Å². The molecule has 0 aliphatic carbocycles. The van der Waals surface area contributed by atoms with E-state index in [1.54, 1.807) is 24.8 Å². The van der Waals surface area contributed by atoms with E-state index in [-0.39, 0.29) is 12.1 Å². The van der Waals surface area contributed by atoms with E-state index in [0.29, 0.717) is 12.1 Å². The smallest absolute Gasteiger partial charge is 0.388 e. The summed E-state index contributed by atoms with van der Waals surface area (Å²) in [6.07, 6.45) is -4.09. The normalized spacial score (nSPS) is 29.5. The molecule has 0 spiro atoms. The van der Waals surface area contributed by atoms with E-state index in [0.717, 1.165) is 6.07 Å². The van der Waals surface area contributed by atoms with E-state index in [2.05, 4.69) is 0 Å². The molecule has 21 heavy (non-hydrogen) atoms. The average Bonchev–Trinajstić information content (AvgIpc) is 2.56. The summed E-state index contributed by atoms with van der Waals surface area (Å²) in [6.45, 7) is 5.33. The summed E-state index contributed by atoms with van der Waals surface area (Å²) in [4.78, 5) is 1.77. The molecule has 0 aromatic heterocycles. The third-order valence-electron chi connectivity index (χ3n) is 4.23. The maximum Gasteiger partial charge on any atom is 0.417 e. The van der Waals surface area contributed by atoms with Crippen molar-refractivity contribution in [1.29, 1.82) is 5.26 Å². The lowest BCUT2D eigenvalue weighted by atomic mass is 9.97. The van der Waals surface area contributed by atoms with Crippen LogP contribution in [-0.2, 0) is 6.18 Å². The van der Waals surface area contributed by atoms with Gasteiger partial charge in [-0.25, -0.2) is 0 Å². The molecule has 1 aromatic rings.